The van der Waals surface area contributed by atoms with Crippen LogP contribution in [0.1, 0.15) is 44.9 Å². The fraction of sp³-hybridized carbons (Fsp3) is 1.00. The molecule has 2 heteroatoms. The van der Waals surface area contributed by atoms with Crippen LogP contribution in [0.4, 0.5) is 0 Å². The number of aliphatic hydroxyl groups is 2. The average molecular weight is 196 g/mol. The maximum Gasteiger partial charge on any atom is 0.0706 e. The molecule has 3 fully saturated rings. The lowest BCUT2D eigenvalue weighted by Gasteiger charge is -2.38. The van der Waals surface area contributed by atoms with Gasteiger partial charge in [-0.05, 0) is 43.9 Å². The zero-order valence-corrected chi connectivity index (χ0v) is 8.65. The molecule has 0 radical (unpaired) electrons. The van der Waals surface area contributed by atoms with E-state index in [9.17, 15) is 10.2 Å². The topological polar surface area (TPSA) is 40.5 Å². The molecular weight excluding hydrogens is 176 g/mol. The molecule has 0 aromatic carbocycles. The van der Waals surface area contributed by atoms with Gasteiger partial charge in [-0.3, -0.25) is 0 Å². The van der Waals surface area contributed by atoms with Crippen LogP contribution in [-0.4, -0.2) is 21.9 Å². The van der Waals surface area contributed by atoms with E-state index < -0.39 is 5.60 Å². The lowest BCUT2D eigenvalue weighted by Crippen LogP contribution is -2.44. The summed E-state index contributed by atoms with van der Waals surface area (Å²) in [5, 5.41) is 20.6. The molecule has 2 bridgehead atoms. The van der Waals surface area contributed by atoms with Crippen molar-refractivity contribution in [3.05, 3.63) is 0 Å². The normalized spacial score (nSPS) is 57.0. The Morgan fingerprint density at radius 3 is 2.79 bits per heavy atom. The third-order valence-corrected chi connectivity index (χ3v) is 4.94. The predicted octanol–water partition coefficient (Wildman–Crippen LogP) is 1.70. The monoisotopic (exact) mass is 196 g/mol. The summed E-state index contributed by atoms with van der Waals surface area (Å²) in [7, 11) is 0. The summed E-state index contributed by atoms with van der Waals surface area (Å²) in [6.07, 6.45) is 7.46. The summed E-state index contributed by atoms with van der Waals surface area (Å²) in [5.41, 5.74) is -0.493. The van der Waals surface area contributed by atoms with Crippen molar-refractivity contribution in [1.82, 2.24) is 0 Å². The Balaban J connectivity index is 1.94. The molecule has 0 spiro atoms. The Hall–Kier alpha value is -0.0800. The fourth-order valence-corrected chi connectivity index (χ4v) is 4.49. The highest BCUT2D eigenvalue weighted by Crippen LogP contribution is 2.57. The molecule has 14 heavy (non-hydrogen) atoms. The van der Waals surface area contributed by atoms with Crippen LogP contribution in [0.3, 0.4) is 0 Å². The van der Waals surface area contributed by atoms with Gasteiger partial charge in [-0.1, -0.05) is 12.8 Å². The number of rotatable bonds is 0. The van der Waals surface area contributed by atoms with E-state index in [2.05, 4.69) is 0 Å². The first-order chi connectivity index (χ1) is 6.71. The van der Waals surface area contributed by atoms with Crippen molar-refractivity contribution in [3.8, 4) is 0 Å². The maximum atomic E-state index is 10.5. The van der Waals surface area contributed by atoms with E-state index in [-0.39, 0.29) is 12.0 Å². The first kappa shape index (κ1) is 9.17. The average Bonchev–Trinajstić information content (AvgIpc) is 2.36. The van der Waals surface area contributed by atoms with Crippen LogP contribution in [0.2, 0.25) is 0 Å². The number of hydrogen-bond acceptors (Lipinski definition) is 2. The lowest BCUT2D eigenvalue weighted by molar-refractivity contribution is -0.0837. The predicted molar refractivity (Wildman–Crippen MR) is 53.7 cm³/mol. The van der Waals surface area contributed by atoms with Crippen LogP contribution in [0.15, 0.2) is 0 Å². The third kappa shape index (κ3) is 1.10. The second kappa shape index (κ2) is 2.96. The van der Waals surface area contributed by atoms with Gasteiger partial charge >= 0.3 is 0 Å². The molecule has 3 aliphatic carbocycles. The lowest BCUT2D eigenvalue weighted by atomic mass is 9.73. The van der Waals surface area contributed by atoms with Gasteiger partial charge in [0, 0.05) is 5.92 Å². The van der Waals surface area contributed by atoms with Crippen molar-refractivity contribution in [2.75, 3.05) is 0 Å². The molecule has 3 saturated carbocycles. The van der Waals surface area contributed by atoms with Gasteiger partial charge in [0.05, 0.1) is 11.7 Å². The molecule has 0 saturated heterocycles. The number of aliphatic hydroxyl groups excluding tert-OH is 1. The summed E-state index contributed by atoms with van der Waals surface area (Å²) >= 11 is 0. The van der Waals surface area contributed by atoms with Crippen molar-refractivity contribution in [3.63, 3.8) is 0 Å². The highest BCUT2D eigenvalue weighted by Gasteiger charge is 2.57. The molecule has 0 amide bonds. The standard InChI is InChI=1S/C12H20O2/c13-10-5-1-4-9-8-3-2-6-12(14,7-8)11(9)10/h8-11,13-14H,1-7H2/t8-,9+,10-,11-,12-/m1/s1. The van der Waals surface area contributed by atoms with Crippen molar-refractivity contribution < 1.29 is 10.2 Å². The van der Waals surface area contributed by atoms with Crippen LogP contribution >= 0.6 is 0 Å². The Morgan fingerprint density at radius 1 is 1.07 bits per heavy atom. The van der Waals surface area contributed by atoms with E-state index >= 15 is 0 Å². The number of fused-ring (bicyclic) bond motifs is 5. The quantitative estimate of drug-likeness (QED) is 0.619. The summed E-state index contributed by atoms with van der Waals surface area (Å²) < 4.78 is 0. The van der Waals surface area contributed by atoms with Crippen LogP contribution < -0.4 is 0 Å². The largest absolute Gasteiger partial charge is 0.393 e. The fourth-order valence-electron chi connectivity index (χ4n) is 4.49. The van der Waals surface area contributed by atoms with Crippen molar-refractivity contribution >= 4 is 0 Å². The molecule has 0 aliphatic heterocycles. The zero-order valence-electron chi connectivity index (χ0n) is 8.65. The zero-order chi connectivity index (χ0) is 9.76. The van der Waals surface area contributed by atoms with Crippen molar-refractivity contribution in [1.29, 1.82) is 0 Å². The summed E-state index contributed by atoms with van der Waals surface area (Å²) in [4.78, 5) is 0. The summed E-state index contributed by atoms with van der Waals surface area (Å²) in [6.45, 7) is 0. The molecule has 2 nitrogen and oxygen atoms in total. The molecule has 2 N–H and O–H groups in total. The van der Waals surface area contributed by atoms with E-state index in [1.165, 1.54) is 19.3 Å². The molecular formula is C12H20O2. The molecule has 0 aromatic rings. The van der Waals surface area contributed by atoms with Gasteiger partial charge in [-0.2, -0.15) is 0 Å². The van der Waals surface area contributed by atoms with E-state index in [1.807, 2.05) is 0 Å². The molecule has 80 valence electrons. The van der Waals surface area contributed by atoms with Crippen LogP contribution in [0.5, 0.6) is 0 Å². The van der Waals surface area contributed by atoms with Gasteiger partial charge in [-0.25, -0.2) is 0 Å². The molecule has 0 aromatic heterocycles. The minimum Gasteiger partial charge on any atom is -0.393 e. The van der Waals surface area contributed by atoms with Gasteiger partial charge < -0.3 is 10.2 Å². The van der Waals surface area contributed by atoms with Gasteiger partial charge in [0.2, 0.25) is 0 Å². The minimum absolute atomic E-state index is 0.212. The Bertz CT molecular complexity index is 240. The van der Waals surface area contributed by atoms with E-state index in [0.717, 1.165) is 25.7 Å². The SMILES string of the molecule is O[C@@H]1CCC[C@H]2[C@@H]3CCC[C@@](O)(C3)[C@H]21. The third-order valence-electron chi connectivity index (χ3n) is 4.94. The van der Waals surface area contributed by atoms with Crippen LogP contribution in [-0.2, 0) is 0 Å². The van der Waals surface area contributed by atoms with Crippen molar-refractivity contribution in [2.24, 2.45) is 17.8 Å². The highest BCUT2D eigenvalue weighted by atomic mass is 16.3. The van der Waals surface area contributed by atoms with Gasteiger partial charge in [0.1, 0.15) is 0 Å². The Morgan fingerprint density at radius 2 is 1.93 bits per heavy atom. The van der Waals surface area contributed by atoms with Crippen LogP contribution in [0.25, 0.3) is 0 Å². The van der Waals surface area contributed by atoms with Crippen LogP contribution in [0, 0.1) is 17.8 Å². The first-order valence-electron chi connectivity index (χ1n) is 6.11. The summed E-state index contributed by atoms with van der Waals surface area (Å²) in [6, 6.07) is 0. The molecule has 3 rings (SSSR count). The highest BCUT2D eigenvalue weighted by molar-refractivity contribution is 5.07. The first-order valence-corrected chi connectivity index (χ1v) is 6.11. The van der Waals surface area contributed by atoms with E-state index in [4.69, 9.17) is 0 Å². The molecule has 5 atom stereocenters. The molecule has 0 heterocycles. The second-order valence-electron chi connectivity index (χ2n) is 5.65. The minimum atomic E-state index is -0.493. The Labute approximate surface area is 85.3 Å². The number of hydrogen-bond donors (Lipinski definition) is 2. The molecule has 3 aliphatic rings. The smallest absolute Gasteiger partial charge is 0.0706 e. The van der Waals surface area contributed by atoms with E-state index in [1.54, 1.807) is 0 Å². The second-order valence-corrected chi connectivity index (χ2v) is 5.65. The maximum absolute atomic E-state index is 10.5. The summed E-state index contributed by atoms with van der Waals surface area (Å²) in [5.74, 6) is 1.56. The van der Waals surface area contributed by atoms with Gasteiger partial charge in [0.25, 0.3) is 0 Å². The molecule has 0 unspecified atom stereocenters. The van der Waals surface area contributed by atoms with Gasteiger partial charge in [0.15, 0.2) is 0 Å². The van der Waals surface area contributed by atoms with Crippen molar-refractivity contribution in [2.45, 2.75) is 56.7 Å². The van der Waals surface area contributed by atoms with E-state index in [0.29, 0.717) is 11.8 Å². The van der Waals surface area contributed by atoms with Gasteiger partial charge in [-0.15, -0.1) is 0 Å². The Kier molecular flexibility index (Phi) is 1.94.